The van der Waals surface area contributed by atoms with Crippen molar-refractivity contribution in [2.75, 3.05) is 41.5 Å². The minimum absolute atomic E-state index is 0.157. The normalized spacial score (nSPS) is 10.8. The molecule has 0 atom stereocenters. The zero-order valence-electron chi connectivity index (χ0n) is 17.2. The number of rotatable bonds is 12. The van der Waals surface area contributed by atoms with Crippen LogP contribution in [-0.2, 0) is 0 Å². The summed E-state index contributed by atoms with van der Waals surface area (Å²) in [7, 11) is 7.28. The summed E-state index contributed by atoms with van der Waals surface area (Å²) in [6, 6.07) is 8.57. The standard InChI is InChI=1S/C22H30N2O4/c1-24(2)14-7-5-6-8-15-28-22-18(10-9-13-23-22)21(25)17-11-12-19(26-3)20(16-17)27-4/h9-13,16H,5-8,14-15H2,1-4H3. The Morgan fingerprint density at radius 1 is 1.00 bits per heavy atom. The minimum atomic E-state index is -0.157. The topological polar surface area (TPSA) is 60.9 Å². The summed E-state index contributed by atoms with van der Waals surface area (Å²) in [6.45, 7) is 1.65. The van der Waals surface area contributed by atoms with E-state index in [1.165, 1.54) is 12.8 Å². The van der Waals surface area contributed by atoms with Gasteiger partial charge in [-0.25, -0.2) is 4.98 Å². The van der Waals surface area contributed by atoms with E-state index in [0.717, 1.165) is 19.4 Å². The summed E-state index contributed by atoms with van der Waals surface area (Å²) >= 11 is 0. The molecule has 0 unspecified atom stereocenters. The average molecular weight is 386 g/mol. The number of unbranched alkanes of at least 4 members (excludes halogenated alkanes) is 3. The van der Waals surface area contributed by atoms with Gasteiger partial charge in [-0.05, 0) is 63.8 Å². The van der Waals surface area contributed by atoms with Crippen molar-refractivity contribution >= 4 is 5.78 Å². The zero-order chi connectivity index (χ0) is 20.4. The lowest BCUT2D eigenvalue weighted by molar-refractivity contribution is 0.103. The lowest BCUT2D eigenvalue weighted by Gasteiger charge is -2.12. The number of methoxy groups -OCH3 is 2. The first kappa shape index (κ1) is 21.7. The quantitative estimate of drug-likeness (QED) is 0.408. The van der Waals surface area contributed by atoms with Crippen LogP contribution in [0.3, 0.4) is 0 Å². The third-order valence-electron chi connectivity index (χ3n) is 4.40. The highest BCUT2D eigenvalue weighted by Crippen LogP contribution is 2.29. The number of benzene rings is 1. The summed E-state index contributed by atoms with van der Waals surface area (Å²) in [5.74, 6) is 1.30. The van der Waals surface area contributed by atoms with Crippen molar-refractivity contribution < 1.29 is 19.0 Å². The molecule has 0 aliphatic rings. The van der Waals surface area contributed by atoms with E-state index in [2.05, 4.69) is 24.0 Å². The Labute approximate surface area is 167 Å². The number of ether oxygens (including phenoxy) is 3. The highest BCUT2D eigenvalue weighted by Gasteiger charge is 2.17. The summed E-state index contributed by atoms with van der Waals surface area (Å²) in [5.41, 5.74) is 0.946. The number of hydrogen-bond donors (Lipinski definition) is 0. The fourth-order valence-electron chi connectivity index (χ4n) is 2.86. The van der Waals surface area contributed by atoms with Crippen LogP contribution in [0, 0.1) is 0 Å². The zero-order valence-corrected chi connectivity index (χ0v) is 17.2. The average Bonchev–Trinajstić information content (AvgIpc) is 2.72. The summed E-state index contributed by atoms with van der Waals surface area (Å²) in [4.78, 5) is 19.4. The maximum atomic E-state index is 13.0. The van der Waals surface area contributed by atoms with E-state index in [0.29, 0.717) is 35.1 Å². The molecule has 152 valence electrons. The van der Waals surface area contributed by atoms with Gasteiger partial charge in [0, 0.05) is 11.8 Å². The number of hydrogen-bond acceptors (Lipinski definition) is 6. The Hall–Kier alpha value is -2.60. The molecule has 0 spiro atoms. The number of nitrogens with zero attached hydrogens (tertiary/aromatic N) is 2. The van der Waals surface area contributed by atoms with Gasteiger partial charge in [-0.2, -0.15) is 0 Å². The third-order valence-corrected chi connectivity index (χ3v) is 4.40. The molecule has 28 heavy (non-hydrogen) atoms. The highest BCUT2D eigenvalue weighted by molar-refractivity contribution is 6.10. The predicted octanol–water partition coefficient (Wildman–Crippen LogP) is 3.83. The van der Waals surface area contributed by atoms with Gasteiger partial charge in [0.05, 0.1) is 26.4 Å². The molecule has 2 aromatic rings. The van der Waals surface area contributed by atoms with Gasteiger partial charge in [-0.1, -0.05) is 12.8 Å². The molecule has 6 heteroatoms. The second kappa shape index (κ2) is 11.3. The smallest absolute Gasteiger partial charge is 0.224 e. The summed E-state index contributed by atoms with van der Waals surface area (Å²) < 4.78 is 16.3. The number of carbonyl (C=O) groups is 1. The minimum Gasteiger partial charge on any atom is -0.493 e. The van der Waals surface area contributed by atoms with Gasteiger partial charge < -0.3 is 19.1 Å². The fourth-order valence-corrected chi connectivity index (χ4v) is 2.86. The van der Waals surface area contributed by atoms with E-state index in [-0.39, 0.29) is 5.78 Å². The highest BCUT2D eigenvalue weighted by atomic mass is 16.5. The molecule has 0 radical (unpaired) electrons. The molecule has 0 aliphatic heterocycles. The van der Waals surface area contributed by atoms with Crippen LogP contribution in [-0.4, -0.2) is 57.1 Å². The van der Waals surface area contributed by atoms with Crippen molar-refractivity contribution in [2.24, 2.45) is 0 Å². The van der Waals surface area contributed by atoms with E-state index in [4.69, 9.17) is 14.2 Å². The van der Waals surface area contributed by atoms with Gasteiger partial charge in [0.15, 0.2) is 17.3 Å². The maximum Gasteiger partial charge on any atom is 0.224 e. The van der Waals surface area contributed by atoms with Crippen LogP contribution in [0.1, 0.15) is 41.6 Å². The Morgan fingerprint density at radius 3 is 2.46 bits per heavy atom. The Balaban J connectivity index is 1.98. The van der Waals surface area contributed by atoms with E-state index in [1.54, 1.807) is 50.7 Å². The SMILES string of the molecule is COc1ccc(C(=O)c2cccnc2OCCCCCCN(C)C)cc1OC. The molecule has 0 fully saturated rings. The second-order valence-corrected chi connectivity index (χ2v) is 6.82. The lowest BCUT2D eigenvalue weighted by Crippen LogP contribution is -2.12. The van der Waals surface area contributed by atoms with Gasteiger partial charge in [-0.15, -0.1) is 0 Å². The van der Waals surface area contributed by atoms with E-state index in [1.807, 2.05) is 0 Å². The Morgan fingerprint density at radius 2 is 1.75 bits per heavy atom. The van der Waals surface area contributed by atoms with Crippen LogP contribution in [0.15, 0.2) is 36.5 Å². The largest absolute Gasteiger partial charge is 0.493 e. The van der Waals surface area contributed by atoms with Crippen LogP contribution < -0.4 is 14.2 Å². The molecule has 0 saturated carbocycles. The molecular weight excluding hydrogens is 356 g/mol. The van der Waals surface area contributed by atoms with Gasteiger partial charge in [0.1, 0.15) is 0 Å². The first-order chi connectivity index (χ1) is 13.6. The molecule has 1 aromatic heterocycles. The van der Waals surface area contributed by atoms with Crippen molar-refractivity contribution in [2.45, 2.75) is 25.7 Å². The van der Waals surface area contributed by atoms with Crippen molar-refractivity contribution in [1.82, 2.24) is 9.88 Å². The van der Waals surface area contributed by atoms with E-state index < -0.39 is 0 Å². The van der Waals surface area contributed by atoms with Crippen LogP contribution in [0.4, 0.5) is 0 Å². The second-order valence-electron chi connectivity index (χ2n) is 6.82. The van der Waals surface area contributed by atoms with Crippen LogP contribution in [0.5, 0.6) is 17.4 Å². The molecule has 2 rings (SSSR count). The molecule has 0 bridgehead atoms. The molecule has 0 N–H and O–H groups in total. The van der Waals surface area contributed by atoms with Crippen molar-refractivity contribution in [1.29, 1.82) is 0 Å². The summed E-state index contributed by atoms with van der Waals surface area (Å²) in [5, 5.41) is 0. The molecule has 0 aliphatic carbocycles. The van der Waals surface area contributed by atoms with Gasteiger partial charge in [-0.3, -0.25) is 4.79 Å². The van der Waals surface area contributed by atoms with Crippen molar-refractivity contribution in [3.8, 4) is 17.4 Å². The van der Waals surface area contributed by atoms with Crippen LogP contribution >= 0.6 is 0 Å². The van der Waals surface area contributed by atoms with Gasteiger partial charge >= 0.3 is 0 Å². The van der Waals surface area contributed by atoms with Crippen molar-refractivity contribution in [3.63, 3.8) is 0 Å². The molecule has 0 saturated heterocycles. The van der Waals surface area contributed by atoms with Gasteiger partial charge in [0.25, 0.3) is 0 Å². The van der Waals surface area contributed by atoms with Crippen LogP contribution in [0.25, 0.3) is 0 Å². The fraction of sp³-hybridized carbons (Fsp3) is 0.455. The molecule has 6 nitrogen and oxygen atoms in total. The Kier molecular flexibility index (Phi) is 8.75. The lowest BCUT2D eigenvalue weighted by atomic mass is 10.0. The molecule has 1 aromatic carbocycles. The van der Waals surface area contributed by atoms with Crippen LogP contribution in [0.2, 0.25) is 0 Å². The number of aromatic nitrogens is 1. The third kappa shape index (κ3) is 6.23. The molecular formula is C22H30N2O4. The maximum absolute atomic E-state index is 13.0. The summed E-state index contributed by atoms with van der Waals surface area (Å²) in [6.07, 6.45) is 6.02. The number of ketones is 1. The monoisotopic (exact) mass is 386 g/mol. The first-order valence-electron chi connectivity index (χ1n) is 9.56. The van der Waals surface area contributed by atoms with E-state index >= 15 is 0 Å². The predicted molar refractivity (Wildman–Crippen MR) is 110 cm³/mol. The number of pyridine rings is 1. The first-order valence-corrected chi connectivity index (χ1v) is 9.56. The molecule has 1 heterocycles. The number of carbonyl (C=O) groups excluding carboxylic acids is 1. The molecule has 0 amide bonds. The Bertz CT molecular complexity index is 762. The van der Waals surface area contributed by atoms with E-state index in [9.17, 15) is 4.79 Å². The van der Waals surface area contributed by atoms with Gasteiger partial charge in [0.2, 0.25) is 5.88 Å². The van der Waals surface area contributed by atoms with Crippen molar-refractivity contribution in [3.05, 3.63) is 47.7 Å².